The molecule has 0 aliphatic rings. The lowest BCUT2D eigenvalue weighted by Gasteiger charge is -2.14. The molecule has 0 fully saturated rings. The smallest absolute Gasteiger partial charge is 0.343 e. The van der Waals surface area contributed by atoms with E-state index in [1.54, 1.807) is 60.7 Å². The fraction of sp³-hybridized carbons (Fsp3) is 0.125. The van der Waals surface area contributed by atoms with Crippen LogP contribution < -0.4 is 34.4 Å². The average Bonchev–Trinajstić information content (AvgIpc) is 3.04. The van der Waals surface area contributed by atoms with Gasteiger partial charge < -0.3 is 29.0 Å². The predicted molar refractivity (Wildman–Crippen MR) is 165 cm³/mol. The second-order valence-electron chi connectivity index (χ2n) is 8.95. The average molecular weight is 618 g/mol. The highest BCUT2D eigenvalue weighted by atomic mass is 35.5. The number of anilines is 1. The minimum Gasteiger partial charge on any atom is -0.493 e. The molecule has 2 amide bonds. The van der Waals surface area contributed by atoms with Gasteiger partial charge in [0.05, 0.1) is 40.2 Å². The van der Waals surface area contributed by atoms with Crippen molar-refractivity contribution in [3.05, 3.63) is 106 Å². The lowest BCUT2D eigenvalue weighted by molar-refractivity contribution is 0.0729. The third-order valence-electron chi connectivity index (χ3n) is 6.16. The van der Waals surface area contributed by atoms with E-state index in [1.165, 1.54) is 52.9 Å². The number of amides is 2. The highest BCUT2D eigenvalue weighted by Crippen LogP contribution is 2.38. The summed E-state index contributed by atoms with van der Waals surface area (Å²) in [5, 5.41) is 7.26. The molecule has 2 N–H and O–H groups in total. The summed E-state index contributed by atoms with van der Waals surface area (Å²) in [6.45, 7) is 0. The number of carbonyl (C=O) groups is 3. The van der Waals surface area contributed by atoms with E-state index in [0.717, 1.165) is 0 Å². The number of halogens is 1. The second-order valence-corrected chi connectivity index (χ2v) is 9.39. The van der Waals surface area contributed by atoms with Crippen LogP contribution in [0.3, 0.4) is 0 Å². The first-order valence-electron chi connectivity index (χ1n) is 13.0. The Morgan fingerprint density at radius 2 is 1.36 bits per heavy atom. The maximum atomic E-state index is 13.0. The summed E-state index contributed by atoms with van der Waals surface area (Å²) in [4.78, 5) is 38.2. The molecule has 0 saturated heterocycles. The maximum absolute atomic E-state index is 13.0. The number of hydrogen-bond donors (Lipinski definition) is 2. The molecule has 0 unspecified atom stereocenters. The first kappa shape index (κ1) is 31.4. The van der Waals surface area contributed by atoms with Gasteiger partial charge in [-0.05, 0) is 78.4 Å². The Bertz CT molecular complexity index is 1680. The number of hydrazone groups is 1. The number of methoxy groups -OCH3 is 4. The Morgan fingerprint density at radius 3 is 2.00 bits per heavy atom. The van der Waals surface area contributed by atoms with Gasteiger partial charge in [0.25, 0.3) is 11.8 Å². The molecule has 0 bridgehead atoms. The van der Waals surface area contributed by atoms with Crippen LogP contribution in [0.15, 0.2) is 84.0 Å². The zero-order valence-corrected chi connectivity index (χ0v) is 24.9. The van der Waals surface area contributed by atoms with Gasteiger partial charge in [-0.25, -0.2) is 10.2 Å². The summed E-state index contributed by atoms with van der Waals surface area (Å²) in [6.07, 6.45) is 1.40. The number of nitrogens with zero attached hydrogens (tertiary/aromatic N) is 1. The van der Waals surface area contributed by atoms with Crippen molar-refractivity contribution in [2.45, 2.75) is 0 Å². The summed E-state index contributed by atoms with van der Waals surface area (Å²) in [6, 6.07) is 20.5. The molecule has 0 heterocycles. The molecule has 11 nitrogen and oxygen atoms in total. The molecule has 0 spiro atoms. The van der Waals surface area contributed by atoms with Crippen molar-refractivity contribution in [3.63, 3.8) is 0 Å². The summed E-state index contributed by atoms with van der Waals surface area (Å²) < 4.78 is 26.7. The highest BCUT2D eigenvalue weighted by molar-refractivity contribution is 6.30. The van der Waals surface area contributed by atoms with Gasteiger partial charge in [-0.15, -0.1) is 0 Å². The normalized spacial score (nSPS) is 10.6. The van der Waals surface area contributed by atoms with E-state index in [1.807, 2.05) is 0 Å². The number of rotatable bonds is 11. The Morgan fingerprint density at radius 1 is 0.682 bits per heavy atom. The summed E-state index contributed by atoms with van der Waals surface area (Å²) in [5.41, 5.74) is 4.25. The SMILES string of the molecule is COc1cc(C=NNC(=O)c2cccc(NC(=O)c3cc(OC)c(OC)c(OC)c3)c2)ccc1OC(=O)c1ccc(Cl)cc1. The van der Waals surface area contributed by atoms with Crippen LogP contribution in [0.4, 0.5) is 5.69 Å². The molecular formula is C32H28ClN3O8. The first-order chi connectivity index (χ1) is 21.3. The summed E-state index contributed by atoms with van der Waals surface area (Å²) in [7, 11) is 5.81. The minimum absolute atomic E-state index is 0.207. The molecule has 0 radical (unpaired) electrons. The van der Waals surface area contributed by atoms with Crippen molar-refractivity contribution in [1.29, 1.82) is 0 Å². The van der Waals surface area contributed by atoms with E-state index in [-0.39, 0.29) is 22.6 Å². The van der Waals surface area contributed by atoms with Crippen LogP contribution in [-0.2, 0) is 0 Å². The topological polar surface area (TPSA) is 134 Å². The lowest BCUT2D eigenvalue weighted by atomic mass is 10.1. The van der Waals surface area contributed by atoms with Crippen LogP contribution in [-0.4, -0.2) is 52.4 Å². The zero-order chi connectivity index (χ0) is 31.6. The minimum atomic E-state index is -0.574. The monoisotopic (exact) mass is 617 g/mol. The molecule has 12 heteroatoms. The third-order valence-corrected chi connectivity index (χ3v) is 6.41. The Labute approximate surface area is 258 Å². The third kappa shape index (κ3) is 7.64. The number of ether oxygens (including phenoxy) is 5. The molecule has 0 aromatic heterocycles. The Hall–Kier alpha value is -5.55. The fourth-order valence-electron chi connectivity index (χ4n) is 3.98. The molecule has 0 aliphatic heterocycles. The van der Waals surface area contributed by atoms with Crippen LogP contribution in [0.2, 0.25) is 5.02 Å². The van der Waals surface area contributed by atoms with Crippen LogP contribution in [0, 0.1) is 0 Å². The summed E-state index contributed by atoms with van der Waals surface area (Å²) in [5.74, 6) is -0.0180. The summed E-state index contributed by atoms with van der Waals surface area (Å²) >= 11 is 5.87. The van der Waals surface area contributed by atoms with E-state index >= 15 is 0 Å². The van der Waals surface area contributed by atoms with E-state index in [4.69, 9.17) is 35.3 Å². The van der Waals surface area contributed by atoms with Crippen molar-refractivity contribution >= 4 is 41.3 Å². The fourth-order valence-corrected chi connectivity index (χ4v) is 4.10. The van der Waals surface area contributed by atoms with Gasteiger partial charge in [-0.1, -0.05) is 17.7 Å². The van der Waals surface area contributed by atoms with Crippen LogP contribution in [0.5, 0.6) is 28.7 Å². The molecule has 44 heavy (non-hydrogen) atoms. The maximum Gasteiger partial charge on any atom is 0.343 e. The van der Waals surface area contributed by atoms with E-state index in [9.17, 15) is 14.4 Å². The number of nitrogens with one attached hydrogen (secondary N) is 2. The van der Waals surface area contributed by atoms with Crippen LogP contribution in [0.25, 0.3) is 0 Å². The van der Waals surface area contributed by atoms with Crippen LogP contribution in [0.1, 0.15) is 36.6 Å². The largest absolute Gasteiger partial charge is 0.493 e. The van der Waals surface area contributed by atoms with Crippen molar-refractivity contribution in [2.75, 3.05) is 33.8 Å². The van der Waals surface area contributed by atoms with Gasteiger partial charge in [0.15, 0.2) is 23.0 Å². The highest BCUT2D eigenvalue weighted by Gasteiger charge is 2.18. The van der Waals surface area contributed by atoms with Crippen molar-refractivity contribution in [3.8, 4) is 28.7 Å². The number of benzene rings is 4. The standard InChI is InChI=1S/C32H28ClN3O8/c1-40-26-14-19(8-13-25(26)44-32(39)20-9-11-23(33)12-10-20)18-34-36-31(38)21-6-5-7-24(15-21)35-30(37)22-16-27(41-2)29(43-4)28(17-22)42-3/h5-18H,1-4H3,(H,35,37)(H,36,38). The Balaban J connectivity index is 1.40. The molecule has 4 rings (SSSR count). The molecule has 0 atom stereocenters. The van der Waals surface area contributed by atoms with Crippen LogP contribution >= 0.6 is 11.6 Å². The Kier molecular flexibility index (Phi) is 10.4. The number of carbonyl (C=O) groups excluding carboxylic acids is 3. The number of hydrogen-bond acceptors (Lipinski definition) is 9. The van der Waals surface area contributed by atoms with Gasteiger partial charge in [-0.2, -0.15) is 5.10 Å². The van der Waals surface area contributed by atoms with Gasteiger partial charge >= 0.3 is 5.97 Å². The van der Waals surface area contributed by atoms with E-state index < -0.39 is 17.8 Å². The van der Waals surface area contributed by atoms with E-state index in [0.29, 0.717) is 39.1 Å². The van der Waals surface area contributed by atoms with Gasteiger partial charge in [0.2, 0.25) is 5.75 Å². The van der Waals surface area contributed by atoms with Crippen molar-refractivity contribution in [2.24, 2.45) is 5.10 Å². The molecular weight excluding hydrogens is 590 g/mol. The van der Waals surface area contributed by atoms with Gasteiger partial charge in [-0.3, -0.25) is 9.59 Å². The molecule has 0 aliphatic carbocycles. The molecule has 4 aromatic carbocycles. The van der Waals surface area contributed by atoms with Gasteiger partial charge in [0, 0.05) is 21.8 Å². The predicted octanol–water partition coefficient (Wildman–Crippen LogP) is 5.61. The zero-order valence-electron chi connectivity index (χ0n) is 24.2. The van der Waals surface area contributed by atoms with Crippen molar-refractivity contribution < 1.29 is 38.1 Å². The first-order valence-corrected chi connectivity index (χ1v) is 13.3. The molecule has 0 saturated carbocycles. The number of esters is 1. The van der Waals surface area contributed by atoms with Crippen molar-refractivity contribution in [1.82, 2.24) is 5.43 Å². The second kappa shape index (κ2) is 14.6. The van der Waals surface area contributed by atoms with E-state index in [2.05, 4.69) is 15.8 Å². The lowest BCUT2D eigenvalue weighted by Crippen LogP contribution is -2.18. The molecule has 226 valence electrons. The van der Waals surface area contributed by atoms with Gasteiger partial charge in [0.1, 0.15) is 0 Å². The quantitative estimate of drug-likeness (QED) is 0.0960. The molecule has 4 aromatic rings.